The van der Waals surface area contributed by atoms with Gasteiger partial charge in [-0.1, -0.05) is 18.2 Å². The maximum Gasteiger partial charge on any atom is 0.263 e. The number of nitrogens with one attached hydrogen (secondary N) is 1. The summed E-state index contributed by atoms with van der Waals surface area (Å²) in [4.78, 5) is 34.2. The average molecular weight is 356 g/mol. The van der Waals surface area contributed by atoms with Crippen molar-refractivity contribution in [2.75, 3.05) is 27.2 Å². The zero-order chi connectivity index (χ0) is 17.6. The molecule has 130 valence electrons. The van der Waals surface area contributed by atoms with Crippen LogP contribution in [-0.4, -0.2) is 60.3 Å². The molecule has 25 heavy (non-hydrogen) atoms. The van der Waals surface area contributed by atoms with Crippen molar-refractivity contribution in [2.45, 2.75) is 18.4 Å². The van der Waals surface area contributed by atoms with Crippen molar-refractivity contribution in [3.63, 3.8) is 0 Å². The molecule has 1 saturated heterocycles. The summed E-state index contributed by atoms with van der Waals surface area (Å²) in [5.74, 6) is 0.603. The fourth-order valence-corrected chi connectivity index (χ4v) is 4.40. The molecule has 2 aliphatic rings. The number of fused-ring (bicyclic) bond motifs is 1. The Bertz CT molecular complexity index is 845. The van der Waals surface area contributed by atoms with Crippen molar-refractivity contribution in [3.05, 3.63) is 35.2 Å². The highest BCUT2D eigenvalue weighted by Gasteiger charge is 2.47. The van der Waals surface area contributed by atoms with E-state index in [1.807, 2.05) is 49.3 Å². The van der Waals surface area contributed by atoms with E-state index in [1.165, 1.54) is 11.3 Å². The van der Waals surface area contributed by atoms with Gasteiger partial charge >= 0.3 is 0 Å². The normalized spacial score (nSPS) is 19.2. The second-order valence-electron chi connectivity index (χ2n) is 6.76. The van der Waals surface area contributed by atoms with Gasteiger partial charge in [-0.05, 0) is 30.4 Å². The van der Waals surface area contributed by atoms with Crippen LogP contribution >= 0.6 is 11.3 Å². The molecule has 4 rings (SSSR count). The summed E-state index contributed by atoms with van der Waals surface area (Å²) in [5, 5.41) is 3.94. The number of carbonyl (C=O) groups is 2. The summed E-state index contributed by atoms with van der Waals surface area (Å²) in [6.45, 7) is 1.09. The molecule has 0 aliphatic carbocycles. The Balaban J connectivity index is 1.50. The zero-order valence-electron chi connectivity index (χ0n) is 14.3. The van der Waals surface area contributed by atoms with Gasteiger partial charge in [0.1, 0.15) is 5.54 Å². The lowest BCUT2D eigenvalue weighted by Gasteiger charge is -2.35. The predicted molar refractivity (Wildman–Crippen MR) is 99.0 cm³/mol. The molecule has 0 saturated carbocycles. The molecule has 2 aromatic rings. The van der Waals surface area contributed by atoms with Gasteiger partial charge in [-0.15, -0.1) is 11.3 Å². The Kier molecular flexibility index (Phi) is 3.76. The van der Waals surface area contributed by atoms with Crippen molar-refractivity contribution in [1.29, 1.82) is 0 Å². The van der Waals surface area contributed by atoms with Gasteiger partial charge in [0.2, 0.25) is 5.96 Å². The van der Waals surface area contributed by atoms with Crippen LogP contribution < -0.4 is 5.32 Å². The number of likely N-dealkylation sites (tertiary alicyclic amines) is 1. The van der Waals surface area contributed by atoms with Crippen molar-refractivity contribution in [3.8, 4) is 0 Å². The van der Waals surface area contributed by atoms with Gasteiger partial charge in [-0.3, -0.25) is 14.9 Å². The van der Waals surface area contributed by atoms with E-state index in [1.54, 1.807) is 4.90 Å². The molecule has 1 aromatic carbocycles. The number of thiophene rings is 1. The zero-order valence-corrected chi connectivity index (χ0v) is 15.1. The van der Waals surface area contributed by atoms with E-state index in [-0.39, 0.29) is 11.8 Å². The standard InChI is InChI=1S/C18H20N4O2S/c1-21(2)17-19-16(24)18(20-17)7-9-22(10-8-18)15(23)14-11-12-5-3-4-6-13(12)25-14/h3-6,11H,7-10H2,1-2H3,(H,19,20,24). The van der Waals surface area contributed by atoms with Gasteiger partial charge in [0, 0.05) is 31.9 Å². The molecule has 3 heterocycles. The van der Waals surface area contributed by atoms with Crippen molar-refractivity contribution >= 4 is 39.2 Å². The summed E-state index contributed by atoms with van der Waals surface area (Å²) < 4.78 is 1.12. The van der Waals surface area contributed by atoms with Gasteiger partial charge in [0.25, 0.3) is 11.8 Å². The summed E-state index contributed by atoms with van der Waals surface area (Å²) in [7, 11) is 3.72. The third-order valence-electron chi connectivity index (χ3n) is 4.91. The fourth-order valence-electron chi connectivity index (χ4n) is 3.37. The highest BCUT2D eigenvalue weighted by molar-refractivity contribution is 7.20. The largest absolute Gasteiger partial charge is 0.349 e. The van der Waals surface area contributed by atoms with Crippen LogP contribution in [0.25, 0.3) is 10.1 Å². The number of carbonyl (C=O) groups excluding carboxylic acids is 2. The molecule has 2 aliphatic heterocycles. The summed E-state index contributed by atoms with van der Waals surface area (Å²) in [5.41, 5.74) is -0.712. The van der Waals surface area contributed by atoms with Crippen LogP contribution in [0, 0.1) is 0 Å². The summed E-state index contributed by atoms with van der Waals surface area (Å²) in [6, 6.07) is 9.97. The Morgan fingerprint density at radius 1 is 1.28 bits per heavy atom. The number of nitrogens with zero attached hydrogens (tertiary/aromatic N) is 3. The lowest BCUT2D eigenvalue weighted by atomic mass is 9.88. The molecule has 0 unspecified atom stereocenters. The van der Waals surface area contributed by atoms with E-state index < -0.39 is 5.54 Å². The fraction of sp³-hybridized carbons (Fsp3) is 0.389. The first kappa shape index (κ1) is 16.1. The van der Waals surface area contributed by atoms with Crippen molar-refractivity contribution in [2.24, 2.45) is 4.99 Å². The quantitative estimate of drug-likeness (QED) is 0.849. The molecular weight excluding hydrogens is 336 g/mol. The molecule has 1 aromatic heterocycles. The SMILES string of the molecule is CN(C)C1=NC2(CCN(C(=O)c3cc4ccccc4s3)CC2)C(=O)N1. The van der Waals surface area contributed by atoms with E-state index >= 15 is 0 Å². The first-order valence-corrected chi connectivity index (χ1v) is 9.17. The first-order chi connectivity index (χ1) is 12.0. The van der Waals surface area contributed by atoms with Crippen LogP contribution in [0.2, 0.25) is 0 Å². The topological polar surface area (TPSA) is 65.0 Å². The molecule has 2 amide bonds. The number of rotatable bonds is 1. The number of aliphatic imine (C=N–C) groups is 1. The highest BCUT2D eigenvalue weighted by Crippen LogP contribution is 2.32. The monoisotopic (exact) mass is 356 g/mol. The Labute approximate surface area is 150 Å². The minimum atomic E-state index is -0.712. The molecule has 0 bridgehead atoms. The number of piperidine rings is 1. The van der Waals surface area contributed by atoms with E-state index in [0.717, 1.165) is 15.0 Å². The molecule has 0 radical (unpaired) electrons. The number of amides is 2. The van der Waals surface area contributed by atoms with Crippen LogP contribution in [0.4, 0.5) is 0 Å². The van der Waals surface area contributed by atoms with Crippen LogP contribution in [0.1, 0.15) is 22.5 Å². The second-order valence-corrected chi connectivity index (χ2v) is 7.84. The van der Waals surface area contributed by atoms with Crippen molar-refractivity contribution in [1.82, 2.24) is 15.1 Å². The lowest BCUT2D eigenvalue weighted by molar-refractivity contribution is -0.125. The number of hydrogen-bond acceptors (Lipinski definition) is 5. The number of hydrogen-bond donors (Lipinski definition) is 1. The Hall–Kier alpha value is -2.41. The van der Waals surface area contributed by atoms with Crippen LogP contribution in [0.5, 0.6) is 0 Å². The smallest absolute Gasteiger partial charge is 0.263 e. The van der Waals surface area contributed by atoms with Crippen molar-refractivity contribution < 1.29 is 9.59 Å². The molecular formula is C18H20N4O2S. The predicted octanol–water partition coefficient (Wildman–Crippen LogP) is 1.92. The van der Waals surface area contributed by atoms with Crippen LogP contribution in [0.3, 0.4) is 0 Å². The van der Waals surface area contributed by atoms with Crippen LogP contribution in [0.15, 0.2) is 35.3 Å². The van der Waals surface area contributed by atoms with Gasteiger partial charge < -0.3 is 9.80 Å². The number of benzene rings is 1. The van der Waals surface area contributed by atoms with E-state index in [4.69, 9.17) is 0 Å². The number of guanidine groups is 1. The third kappa shape index (κ3) is 2.68. The third-order valence-corrected chi connectivity index (χ3v) is 6.01. The van der Waals surface area contributed by atoms with Gasteiger partial charge in [-0.2, -0.15) is 0 Å². The van der Waals surface area contributed by atoms with Crippen LogP contribution in [-0.2, 0) is 4.79 Å². The highest BCUT2D eigenvalue weighted by atomic mass is 32.1. The summed E-state index contributed by atoms with van der Waals surface area (Å²) >= 11 is 1.52. The average Bonchev–Trinajstić information content (AvgIpc) is 3.17. The summed E-state index contributed by atoms with van der Waals surface area (Å²) in [6.07, 6.45) is 1.12. The molecule has 6 nitrogen and oxygen atoms in total. The maximum atomic E-state index is 12.8. The molecule has 7 heteroatoms. The van der Waals surface area contributed by atoms with E-state index in [2.05, 4.69) is 10.3 Å². The Morgan fingerprint density at radius 3 is 2.64 bits per heavy atom. The molecule has 1 fully saturated rings. The molecule has 1 spiro atoms. The van der Waals surface area contributed by atoms with Gasteiger partial charge in [0.05, 0.1) is 4.88 Å². The molecule has 0 atom stereocenters. The minimum absolute atomic E-state index is 0.0475. The van der Waals surface area contributed by atoms with E-state index in [0.29, 0.717) is 31.9 Å². The molecule has 1 N–H and O–H groups in total. The maximum absolute atomic E-state index is 12.8. The lowest BCUT2D eigenvalue weighted by Crippen LogP contribution is -2.50. The first-order valence-electron chi connectivity index (χ1n) is 8.35. The second kappa shape index (κ2) is 5.84. The Morgan fingerprint density at radius 2 is 2.00 bits per heavy atom. The minimum Gasteiger partial charge on any atom is -0.349 e. The van der Waals surface area contributed by atoms with Gasteiger partial charge in [-0.25, -0.2) is 4.99 Å². The van der Waals surface area contributed by atoms with E-state index in [9.17, 15) is 9.59 Å². The van der Waals surface area contributed by atoms with Gasteiger partial charge in [0.15, 0.2) is 0 Å².